The summed E-state index contributed by atoms with van der Waals surface area (Å²) in [7, 11) is 4.94. The number of nitrogens with one attached hydrogen (secondary N) is 2. The highest BCUT2D eigenvalue weighted by Crippen LogP contribution is 2.38. The molecule has 0 radical (unpaired) electrons. The molecule has 0 saturated carbocycles. The maximum Gasteiger partial charge on any atom is 0.203 e. The largest absolute Gasteiger partial charge is 0.493 e. The Morgan fingerprint density at radius 1 is 1.04 bits per heavy atom. The maximum atomic E-state index is 6.19. The Kier molecular flexibility index (Phi) is 10.8. The minimum Gasteiger partial charge on any atom is -0.493 e. The molecule has 2 aromatic rings. The Labute approximate surface area is 188 Å². The van der Waals surface area contributed by atoms with E-state index in [9.17, 15) is 0 Å². The number of methoxy groups -OCH3 is 2. The molecule has 0 aliphatic carbocycles. The number of aliphatic imine (C=N–C) groups is 1. The highest BCUT2D eigenvalue weighted by atomic mass is 127. The van der Waals surface area contributed by atoms with E-state index in [1.54, 1.807) is 21.3 Å². The summed E-state index contributed by atoms with van der Waals surface area (Å²) >= 11 is 6.19. The van der Waals surface area contributed by atoms with Gasteiger partial charge in [0.15, 0.2) is 17.5 Å². The molecule has 6 nitrogen and oxygen atoms in total. The summed E-state index contributed by atoms with van der Waals surface area (Å²) in [6.45, 7) is 3.57. The summed E-state index contributed by atoms with van der Waals surface area (Å²) in [6.07, 6.45) is 0. The van der Waals surface area contributed by atoms with Crippen molar-refractivity contribution in [2.24, 2.45) is 4.99 Å². The first kappa shape index (κ1) is 24.2. The lowest BCUT2D eigenvalue weighted by molar-refractivity contribution is 0.288. The van der Waals surface area contributed by atoms with Crippen molar-refractivity contribution >= 4 is 41.5 Å². The normalized spacial score (nSPS) is 10.7. The highest BCUT2D eigenvalue weighted by molar-refractivity contribution is 14.0. The van der Waals surface area contributed by atoms with E-state index in [2.05, 4.69) is 15.6 Å². The average Bonchev–Trinajstić information content (AvgIpc) is 2.69. The first-order chi connectivity index (χ1) is 13.1. The van der Waals surface area contributed by atoms with Crippen molar-refractivity contribution in [1.82, 2.24) is 10.6 Å². The molecule has 0 unspecified atom stereocenters. The molecular formula is C20H27ClIN3O3. The van der Waals surface area contributed by atoms with Crippen molar-refractivity contribution in [1.29, 1.82) is 0 Å². The average molecular weight is 520 g/mol. The van der Waals surface area contributed by atoms with E-state index in [4.69, 9.17) is 25.8 Å². The molecule has 2 rings (SSSR count). The number of rotatable bonds is 8. The molecule has 0 bridgehead atoms. The summed E-state index contributed by atoms with van der Waals surface area (Å²) in [4.78, 5) is 4.24. The summed E-state index contributed by atoms with van der Waals surface area (Å²) in [5.74, 6) is 2.54. The number of nitrogens with zero attached hydrogens (tertiary/aromatic N) is 1. The van der Waals surface area contributed by atoms with Gasteiger partial charge in [-0.3, -0.25) is 4.99 Å². The first-order valence-corrected chi connectivity index (χ1v) is 9.06. The van der Waals surface area contributed by atoms with Gasteiger partial charge in [-0.2, -0.15) is 0 Å². The SMILES string of the molecule is CCOc1c(OC)cc(CNC(=NC)NCc2ccccc2Cl)cc1OC.I. The van der Waals surface area contributed by atoms with Crippen molar-refractivity contribution in [2.45, 2.75) is 20.0 Å². The van der Waals surface area contributed by atoms with Crippen LogP contribution < -0.4 is 24.8 Å². The topological polar surface area (TPSA) is 64.1 Å². The van der Waals surface area contributed by atoms with Crippen LogP contribution in [0.15, 0.2) is 41.4 Å². The van der Waals surface area contributed by atoms with E-state index in [1.165, 1.54) is 0 Å². The van der Waals surface area contributed by atoms with Gasteiger partial charge in [0.05, 0.1) is 20.8 Å². The van der Waals surface area contributed by atoms with Crippen LogP contribution in [0.3, 0.4) is 0 Å². The lowest BCUT2D eigenvalue weighted by Gasteiger charge is -2.17. The van der Waals surface area contributed by atoms with Gasteiger partial charge < -0.3 is 24.8 Å². The third-order valence-electron chi connectivity index (χ3n) is 3.90. The van der Waals surface area contributed by atoms with Gasteiger partial charge in [-0.15, -0.1) is 24.0 Å². The zero-order valence-corrected chi connectivity index (χ0v) is 19.6. The van der Waals surface area contributed by atoms with Crippen molar-refractivity contribution in [3.8, 4) is 17.2 Å². The van der Waals surface area contributed by atoms with Crippen LogP contribution in [0.2, 0.25) is 5.02 Å². The standard InChI is InChI=1S/C20H26ClN3O3.HI/c1-5-27-19-17(25-3)10-14(11-18(19)26-4)12-23-20(22-2)24-13-15-8-6-7-9-16(15)21;/h6-11H,5,12-13H2,1-4H3,(H2,22,23,24);1H. The van der Waals surface area contributed by atoms with Crippen LogP contribution in [0.4, 0.5) is 0 Å². The molecular weight excluding hydrogens is 493 g/mol. The number of ether oxygens (including phenoxy) is 3. The van der Waals surface area contributed by atoms with Crippen LogP contribution in [0, 0.1) is 0 Å². The number of guanidine groups is 1. The summed E-state index contributed by atoms with van der Waals surface area (Å²) in [6, 6.07) is 11.5. The summed E-state index contributed by atoms with van der Waals surface area (Å²) < 4.78 is 16.5. The zero-order chi connectivity index (χ0) is 19.6. The van der Waals surface area contributed by atoms with Gasteiger partial charge in [-0.1, -0.05) is 29.8 Å². The molecule has 0 fully saturated rings. The number of benzene rings is 2. The number of hydrogen-bond donors (Lipinski definition) is 2. The Morgan fingerprint density at radius 2 is 1.64 bits per heavy atom. The third-order valence-corrected chi connectivity index (χ3v) is 4.27. The van der Waals surface area contributed by atoms with E-state index in [-0.39, 0.29) is 24.0 Å². The van der Waals surface area contributed by atoms with Crippen LogP contribution in [0.1, 0.15) is 18.1 Å². The van der Waals surface area contributed by atoms with Gasteiger partial charge in [-0.05, 0) is 36.2 Å². The molecule has 28 heavy (non-hydrogen) atoms. The second-order valence-electron chi connectivity index (χ2n) is 5.63. The lowest BCUT2D eigenvalue weighted by atomic mass is 10.1. The van der Waals surface area contributed by atoms with Crippen molar-refractivity contribution in [3.05, 3.63) is 52.5 Å². The molecule has 0 saturated heterocycles. The van der Waals surface area contributed by atoms with Gasteiger partial charge >= 0.3 is 0 Å². The number of hydrogen-bond acceptors (Lipinski definition) is 4. The Hall–Kier alpha value is -1.87. The second kappa shape index (κ2) is 12.6. The Morgan fingerprint density at radius 3 is 2.18 bits per heavy atom. The fourth-order valence-electron chi connectivity index (χ4n) is 2.55. The maximum absolute atomic E-state index is 6.19. The predicted octanol–water partition coefficient (Wildman–Crippen LogP) is 4.24. The molecule has 8 heteroatoms. The van der Waals surface area contributed by atoms with E-state index in [1.807, 2.05) is 43.3 Å². The van der Waals surface area contributed by atoms with Crippen LogP contribution in [-0.2, 0) is 13.1 Å². The monoisotopic (exact) mass is 519 g/mol. The van der Waals surface area contributed by atoms with Crippen LogP contribution in [0.5, 0.6) is 17.2 Å². The molecule has 0 aliphatic rings. The molecule has 0 spiro atoms. The fourth-order valence-corrected chi connectivity index (χ4v) is 2.75. The number of halogens is 2. The predicted molar refractivity (Wildman–Crippen MR) is 125 cm³/mol. The highest BCUT2D eigenvalue weighted by Gasteiger charge is 2.14. The summed E-state index contributed by atoms with van der Waals surface area (Å²) in [5, 5.41) is 7.25. The van der Waals surface area contributed by atoms with Gasteiger partial charge in [0.1, 0.15) is 0 Å². The minimum absolute atomic E-state index is 0. The molecule has 2 aromatic carbocycles. The Balaban J connectivity index is 0.00000392. The van der Waals surface area contributed by atoms with E-state index < -0.39 is 0 Å². The van der Waals surface area contributed by atoms with Crippen LogP contribution in [-0.4, -0.2) is 33.8 Å². The second-order valence-corrected chi connectivity index (χ2v) is 6.04. The lowest BCUT2D eigenvalue weighted by Crippen LogP contribution is -2.36. The molecule has 0 aromatic heterocycles. The van der Waals surface area contributed by atoms with E-state index in [0.29, 0.717) is 42.9 Å². The van der Waals surface area contributed by atoms with Gasteiger partial charge in [0.25, 0.3) is 0 Å². The van der Waals surface area contributed by atoms with E-state index >= 15 is 0 Å². The van der Waals surface area contributed by atoms with Gasteiger partial charge in [0, 0.05) is 25.2 Å². The first-order valence-electron chi connectivity index (χ1n) is 8.68. The molecule has 2 N–H and O–H groups in total. The van der Waals surface area contributed by atoms with Crippen molar-refractivity contribution < 1.29 is 14.2 Å². The van der Waals surface area contributed by atoms with Crippen LogP contribution in [0.25, 0.3) is 0 Å². The Bertz CT molecular complexity index is 762. The van der Waals surface area contributed by atoms with Gasteiger partial charge in [-0.25, -0.2) is 0 Å². The van der Waals surface area contributed by atoms with Crippen LogP contribution >= 0.6 is 35.6 Å². The molecule has 0 amide bonds. The zero-order valence-electron chi connectivity index (χ0n) is 16.5. The smallest absolute Gasteiger partial charge is 0.203 e. The van der Waals surface area contributed by atoms with Gasteiger partial charge in [0.2, 0.25) is 5.75 Å². The van der Waals surface area contributed by atoms with Crippen molar-refractivity contribution in [3.63, 3.8) is 0 Å². The van der Waals surface area contributed by atoms with Crippen molar-refractivity contribution in [2.75, 3.05) is 27.9 Å². The molecule has 0 heterocycles. The summed E-state index contributed by atoms with van der Waals surface area (Å²) in [5.41, 5.74) is 1.99. The minimum atomic E-state index is 0. The third kappa shape index (κ3) is 6.63. The molecule has 0 aliphatic heterocycles. The quantitative estimate of drug-likeness (QED) is 0.310. The fraction of sp³-hybridized carbons (Fsp3) is 0.350. The molecule has 154 valence electrons. The molecule has 0 atom stereocenters. The van der Waals surface area contributed by atoms with E-state index in [0.717, 1.165) is 16.1 Å².